The van der Waals surface area contributed by atoms with Crippen LogP contribution in [-0.4, -0.2) is 28.5 Å². The van der Waals surface area contributed by atoms with Gasteiger partial charge in [-0.3, -0.25) is 8.97 Å². The average molecular weight is 555 g/mol. The van der Waals surface area contributed by atoms with E-state index in [1.54, 1.807) is 0 Å². The minimum absolute atomic E-state index is 0.511. The SMILES string of the molecule is C=Cc1c(C=C)n2c(nc3c4ccccc4n(-c4ccccc4)c32)n1-c1nc(-c2ccccc2)cc(-c2ccccc2)n1. The van der Waals surface area contributed by atoms with Crippen LogP contribution in [0.25, 0.3) is 74.1 Å². The number of imidazole rings is 2. The van der Waals surface area contributed by atoms with Crippen LogP contribution < -0.4 is 0 Å². The van der Waals surface area contributed by atoms with Crippen LogP contribution in [0.3, 0.4) is 0 Å². The molecule has 0 saturated carbocycles. The topological polar surface area (TPSA) is 52.9 Å². The Balaban J connectivity index is 1.50. The van der Waals surface area contributed by atoms with Crippen LogP contribution in [0, 0.1) is 0 Å². The van der Waals surface area contributed by atoms with Gasteiger partial charge in [-0.05, 0) is 36.4 Å². The summed E-state index contributed by atoms with van der Waals surface area (Å²) in [5, 5.41) is 1.07. The largest absolute Gasteiger partial charge is 0.294 e. The van der Waals surface area contributed by atoms with E-state index in [1.165, 1.54) is 0 Å². The Bertz CT molecular complexity index is 2250. The Morgan fingerprint density at radius 3 is 1.72 bits per heavy atom. The van der Waals surface area contributed by atoms with Crippen LogP contribution in [0.4, 0.5) is 0 Å². The molecule has 0 amide bonds. The van der Waals surface area contributed by atoms with E-state index in [-0.39, 0.29) is 0 Å². The van der Waals surface area contributed by atoms with Gasteiger partial charge in [-0.2, -0.15) is 0 Å². The van der Waals surface area contributed by atoms with Gasteiger partial charge in [0.15, 0.2) is 5.65 Å². The second kappa shape index (κ2) is 9.82. The lowest BCUT2D eigenvalue weighted by atomic mass is 10.1. The van der Waals surface area contributed by atoms with Gasteiger partial charge in [-0.1, -0.05) is 110 Å². The second-order valence-electron chi connectivity index (χ2n) is 10.3. The number of aromatic nitrogens is 6. The summed E-state index contributed by atoms with van der Waals surface area (Å²) in [6.07, 6.45) is 3.68. The fourth-order valence-electron chi connectivity index (χ4n) is 5.95. The summed E-state index contributed by atoms with van der Waals surface area (Å²) >= 11 is 0. The molecule has 6 heteroatoms. The maximum absolute atomic E-state index is 5.28. The Hall–Kier alpha value is -6.01. The van der Waals surface area contributed by atoms with Gasteiger partial charge in [-0.15, -0.1) is 0 Å². The molecule has 0 fully saturated rings. The number of fused-ring (bicyclic) bond motifs is 5. The van der Waals surface area contributed by atoms with Crippen LogP contribution in [0.15, 0.2) is 134 Å². The summed E-state index contributed by atoms with van der Waals surface area (Å²) in [7, 11) is 0. The highest BCUT2D eigenvalue weighted by Gasteiger charge is 2.26. The van der Waals surface area contributed by atoms with Crippen molar-refractivity contribution in [1.82, 2.24) is 28.5 Å². The summed E-state index contributed by atoms with van der Waals surface area (Å²) < 4.78 is 6.39. The van der Waals surface area contributed by atoms with Crippen molar-refractivity contribution in [1.29, 1.82) is 0 Å². The molecule has 0 aliphatic carbocycles. The molecule has 0 aliphatic heterocycles. The molecular weight excluding hydrogens is 528 g/mol. The summed E-state index contributed by atoms with van der Waals surface area (Å²) in [4.78, 5) is 15.5. The molecule has 0 spiro atoms. The van der Waals surface area contributed by atoms with Crippen LogP contribution in [-0.2, 0) is 0 Å². The fourth-order valence-corrected chi connectivity index (χ4v) is 5.95. The molecule has 0 saturated heterocycles. The molecule has 0 bridgehead atoms. The molecular formula is C37H26N6. The summed E-state index contributed by atoms with van der Waals surface area (Å²) in [5.74, 6) is 1.20. The third-order valence-corrected chi connectivity index (χ3v) is 7.85. The zero-order valence-electron chi connectivity index (χ0n) is 23.3. The first-order chi connectivity index (χ1) is 21.3. The molecule has 6 nitrogen and oxygen atoms in total. The first-order valence-electron chi connectivity index (χ1n) is 14.1. The summed E-state index contributed by atoms with van der Waals surface area (Å²) in [6.45, 7) is 8.40. The van der Waals surface area contributed by atoms with Crippen molar-refractivity contribution in [2.24, 2.45) is 0 Å². The first kappa shape index (κ1) is 24.8. The zero-order chi connectivity index (χ0) is 28.9. The standard InChI is InChI=1S/C37H26N6/c1-3-31-32(4-2)43(36-38-29(25-16-8-5-9-17-25)24-30(39-36)26-18-10-6-11-19-26)37-40-34-28-22-14-15-23-33(28)41(35(34)42(31)37)27-20-12-7-13-21-27/h3-24H,1-2H2. The molecule has 0 unspecified atom stereocenters. The van der Waals surface area contributed by atoms with Crippen molar-refractivity contribution in [3.63, 3.8) is 0 Å². The van der Waals surface area contributed by atoms with E-state index in [4.69, 9.17) is 15.0 Å². The van der Waals surface area contributed by atoms with E-state index in [2.05, 4.69) is 94.9 Å². The predicted octanol–water partition coefficient (Wildman–Crippen LogP) is 8.63. The van der Waals surface area contributed by atoms with Crippen molar-refractivity contribution >= 4 is 40.0 Å². The van der Waals surface area contributed by atoms with Gasteiger partial charge in [0.2, 0.25) is 11.7 Å². The Kier molecular flexibility index (Phi) is 5.65. The predicted molar refractivity (Wildman–Crippen MR) is 176 cm³/mol. The Morgan fingerprint density at radius 1 is 0.558 bits per heavy atom. The number of para-hydroxylation sites is 2. The monoisotopic (exact) mass is 554 g/mol. The first-order valence-corrected chi connectivity index (χ1v) is 14.1. The Morgan fingerprint density at radius 2 is 1.12 bits per heavy atom. The molecule has 0 radical (unpaired) electrons. The maximum atomic E-state index is 5.28. The van der Waals surface area contributed by atoms with E-state index >= 15 is 0 Å². The number of nitrogens with zero attached hydrogens (tertiary/aromatic N) is 6. The molecule has 4 aromatic carbocycles. The summed E-state index contributed by atoms with van der Waals surface area (Å²) in [5.41, 5.74) is 9.30. The van der Waals surface area contributed by atoms with Gasteiger partial charge in [0.1, 0.15) is 5.52 Å². The van der Waals surface area contributed by atoms with E-state index in [9.17, 15) is 0 Å². The highest BCUT2D eigenvalue weighted by molar-refractivity contribution is 6.07. The molecule has 8 aromatic rings. The van der Waals surface area contributed by atoms with Gasteiger partial charge in [0, 0.05) is 22.2 Å². The molecule has 4 heterocycles. The lowest BCUT2D eigenvalue weighted by Crippen LogP contribution is -2.06. The molecule has 204 valence electrons. The van der Waals surface area contributed by atoms with Crippen molar-refractivity contribution in [3.8, 4) is 34.2 Å². The molecule has 4 aromatic heterocycles. The van der Waals surface area contributed by atoms with Crippen LogP contribution in [0.2, 0.25) is 0 Å². The van der Waals surface area contributed by atoms with Gasteiger partial charge in [0.05, 0.1) is 28.3 Å². The number of rotatable bonds is 6. The van der Waals surface area contributed by atoms with Crippen LogP contribution in [0.1, 0.15) is 11.4 Å². The van der Waals surface area contributed by atoms with E-state index in [0.717, 1.165) is 61.7 Å². The Labute approximate surface area is 248 Å². The number of hydrogen-bond acceptors (Lipinski definition) is 3. The highest BCUT2D eigenvalue weighted by atomic mass is 15.3. The lowest BCUT2D eigenvalue weighted by molar-refractivity contribution is 0.941. The van der Waals surface area contributed by atoms with E-state index in [0.29, 0.717) is 11.7 Å². The fraction of sp³-hybridized carbons (Fsp3) is 0. The minimum Gasteiger partial charge on any atom is -0.294 e. The minimum atomic E-state index is 0.511. The molecule has 43 heavy (non-hydrogen) atoms. The summed E-state index contributed by atoms with van der Waals surface area (Å²) in [6, 6.07) is 41.1. The molecule has 0 N–H and O–H groups in total. The second-order valence-corrected chi connectivity index (χ2v) is 10.3. The normalized spacial score (nSPS) is 11.4. The molecule has 0 aliphatic rings. The van der Waals surface area contributed by atoms with Crippen LogP contribution in [0.5, 0.6) is 0 Å². The van der Waals surface area contributed by atoms with Gasteiger partial charge in [0.25, 0.3) is 0 Å². The van der Waals surface area contributed by atoms with E-state index < -0.39 is 0 Å². The van der Waals surface area contributed by atoms with Crippen molar-refractivity contribution < 1.29 is 0 Å². The molecule has 0 atom stereocenters. The third kappa shape index (κ3) is 3.77. The molecule has 8 rings (SSSR count). The third-order valence-electron chi connectivity index (χ3n) is 7.85. The average Bonchev–Trinajstić information content (AvgIpc) is 3.71. The van der Waals surface area contributed by atoms with Crippen LogP contribution >= 0.6 is 0 Å². The number of benzene rings is 4. The highest BCUT2D eigenvalue weighted by Crippen LogP contribution is 2.36. The van der Waals surface area contributed by atoms with Crippen molar-refractivity contribution in [2.45, 2.75) is 0 Å². The van der Waals surface area contributed by atoms with E-state index in [1.807, 2.05) is 65.3 Å². The smallest absolute Gasteiger partial charge is 0.238 e. The van der Waals surface area contributed by atoms with Gasteiger partial charge < -0.3 is 0 Å². The quantitative estimate of drug-likeness (QED) is 0.207. The van der Waals surface area contributed by atoms with Gasteiger partial charge in [-0.25, -0.2) is 19.5 Å². The number of hydrogen-bond donors (Lipinski definition) is 0. The van der Waals surface area contributed by atoms with Crippen molar-refractivity contribution in [2.75, 3.05) is 0 Å². The maximum Gasteiger partial charge on any atom is 0.238 e. The van der Waals surface area contributed by atoms with Gasteiger partial charge >= 0.3 is 0 Å². The van der Waals surface area contributed by atoms with Crippen molar-refractivity contribution in [3.05, 3.63) is 146 Å². The zero-order valence-corrected chi connectivity index (χ0v) is 23.3. The lowest BCUT2D eigenvalue weighted by Gasteiger charge is -2.11.